The van der Waals surface area contributed by atoms with Gasteiger partial charge >= 0.3 is 0 Å². The number of methoxy groups -OCH3 is 1. The lowest BCUT2D eigenvalue weighted by Crippen LogP contribution is -2.18. The molecule has 0 atom stereocenters. The number of hydrogen-bond acceptors (Lipinski definition) is 4. The zero-order valence-electron chi connectivity index (χ0n) is 12.2. The Morgan fingerprint density at radius 3 is 2.78 bits per heavy atom. The molecule has 1 amide bonds. The van der Waals surface area contributed by atoms with Crippen LogP contribution >= 0.6 is 27.5 Å². The molecule has 1 N–H and O–H groups in total. The topological polar surface area (TPSA) is 56.8 Å². The van der Waals surface area contributed by atoms with Gasteiger partial charge in [-0.2, -0.15) is 0 Å². The third-order valence-electron chi connectivity index (χ3n) is 3.28. The molecule has 0 bridgehead atoms. The van der Waals surface area contributed by atoms with Crippen molar-refractivity contribution in [1.82, 2.24) is 0 Å². The van der Waals surface area contributed by atoms with Crippen LogP contribution in [0, 0.1) is 0 Å². The van der Waals surface area contributed by atoms with Crippen LogP contribution in [0.1, 0.15) is 10.4 Å². The van der Waals surface area contributed by atoms with Crippen LogP contribution in [0.15, 0.2) is 34.8 Å². The highest BCUT2D eigenvalue weighted by molar-refractivity contribution is 9.10. The number of anilines is 1. The summed E-state index contributed by atoms with van der Waals surface area (Å²) in [6.07, 6.45) is 0. The molecule has 2 aromatic carbocycles. The van der Waals surface area contributed by atoms with Crippen LogP contribution in [0.3, 0.4) is 0 Å². The summed E-state index contributed by atoms with van der Waals surface area (Å²) >= 11 is 9.53. The van der Waals surface area contributed by atoms with Crippen molar-refractivity contribution in [1.29, 1.82) is 0 Å². The van der Waals surface area contributed by atoms with Gasteiger partial charge in [-0.05, 0) is 40.2 Å². The second-order valence-electron chi connectivity index (χ2n) is 4.78. The largest absolute Gasteiger partial charge is 0.497 e. The predicted molar refractivity (Wildman–Crippen MR) is 91.1 cm³/mol. The van der Waals surface area contributed by atoms with Gasteiger partial charge in [-0.3, -0.25) is 4.79 Å². The summed E-state index contributed by atoms with van der Waals surface area (Å²) in [5.41, 5.74) is 0.941. The maximum atomic E-state index is 12.4. The van der Waals surface area contributed by atoms with Crippen LogP contribution in [-0.2, 0) is 0 Å². The first-order chi connectivity index (χ1) is 11.1. The van der Waals surface area contributed by atoms with Crippen LogP contribution in [0.25, 0.3) is 0 Å². The van der Waals surface area contributed by atoms with E-state index >= 15 is 0 Å². The molecule has 0 aromatic heterocycles. The Morgan fingerprint density at radius 1 is 1.26 bits per heavy atom. The van der Waals surface area contributed by atoms with Gasteiger partial charge in [0.1, 0.15) is 19.0 Å². The number of carbonyl (C=O) groups excluding carboxylic acids is 1. The van der Waals surface area contributed by atoms with E-state index in [4.69, 9.17) is 25.8 Å². The number of hydrogen-bond donors (Lipinski definition) is 1. The minimum absolute atomic E-state index is 0.297. The van der Waals surface area contributed by atoms with E-state index in [1.54, 1.807) is 37.4 Å². The highest BCUT2D eigenvalue weighted by atomic mass is 79.9. The number of ether oxygens (including phenoxy) is 3. The maximum absolute atomic E-state index is 12.4. The lowest BCUT2D eigenvalue weighted by Gasteiger charge is -2.20. The van der Waals surface area contributed by atoms with Crippen molar-refractivity contribution in [2.45, 2.75) is 0 Å². The Morgan fingerprint density at radius 2 is 2.04 bits per heavy atom. The molecule has 0 aliphatic carbocycles. The monoisotopic (exact) mass is 397 g/mol. The molecule has 0 spiro atoms. The van der Waals surface area contributed by atoms with Gasteiger partial charge in [0.25, 0.3) is 5.91 Å². The summed E-state index contributed by atoms with van der Waals surface area (Å²) in [6.45, 7) is 0.938. The van der Waals surface area contributed by atoms with E-state index in [0.29, 0.717) is 51.2 Å². The fourth-order valence-electron chi connectivity index (χ4n) is 2.16. The van der Waals surface area contributed by atoms with Crippen LogP contribution < -0.4 is 19.5 Å². The molecule has 0 saturated heterocycles. The SMILES string of the molecule is COc1ccc(NC(=O)c2cc(Br)c3c(c2)OCCO3)c(Cl)c1. The van der Waals surface area contributed by atoms with Crippen molar-refractivity contribution in [2.75, 3.05) is 25.6 Å². The lowest BCUT2D eigenvalue weighted by molar-refractivity contribution is 0.102. The van der Waals surface area contributed by atoms with E-state index in [-0.39, 0.29) is 5.91 Å². The maximum Gasteiger partial charge on any atom is 0.255 e. The minimum atomic E-state index is -0.297. The molecular formula is C16H13BrClNO4. The zero-order chi connectivity index (χ0) is 16.4. The highest BCUT2D eigenvalue weighted by Gasteiger charge is 2.19. The zero-order valence-corrected chi connectivity index (χ0v) is 14.5. The van der Waals surface area contributed by atoms with Crippen LogP contribution in [-0.4, -0.2) is 26.2 Å². The first-order valence-corrected chi connectivity index (χ1v) is 7.99. The van der Waals surface area contributed by atoms with Crippen molar-refractivity contribution in [3.8, 4) is 17.2 Å². The number of rotatable bonds is 3. The summed E-state index contributed by atoms with van der Waals surface area (Å²) in [7, 11) is 1.55. The Labute approximate surface area is 146 Å². The number of amides is 1. The number of halogens is 2. The smallest absolute Gasteiger partial charge is 0.255 e. The van der Waals surface area contributed by atoms with Crippen molar-refractivity contribution in [3.63, 3.8) is 0 Å². The Balaban J connectivity index is 1.85. The van der Waals surface area contributed by atoms with Gasteiger partial charge in [-0.1, -0.05) is 11.6 Å². The number of fused-ring (bicyclic) bond motifs is 1. The van der Waals surface area contributed by atoms with E-state index in [2.05, 4.69) is 21.2 Å². The molecule has 0 fully saturated rings. The average molecular weight is 399 g/mol. The summed E-state index contributed by atoms with van der Waals surface area (Å²) in [6, 6.07) is 8.37. The molecule has 0 unspecified atom stereocenters. The molecule has 1 heterocycles. The number of benzene rings is 2. The molecule has 120 valence electrons. The van der Waals surface area contributed by atoms with Gasteiger partial charge in [0.05, 0.1) is 22.3 Å². The molecule has 0 radical (unpaired) electrons. The molecule has 3 rings (SSSR count). The fraction of sp³-hybridized carbons (Fsp3) is 0.188. The van der Waals surface area contributed by atoms with Crippen molar-refractivity contribution in [2.24, 2.45) is 0 Å². The van der Waals surface area contributed by atoms with E-state index in [0.717, 1.165) is 0 Å². The third-order valence-corrected chi connectivity index (χ3v) is 4.19. The third kappa shape index (κ3) is 3.38. The van der Waals surface area contributed by atoms with E-state index < -0.39 is 0 Å². The summed E-state index contributed by atoms with van der Waals surface area (Å²) in [5, 5.41) is 3.17. The van der Waals surface area contributed by atoms with Gasteiger partial charge in [0.2, 0.25) is 0 Å². The summed E-state index contributed by atoms with van der Waals surface area (Å²) in [5.74, 6) is 1.47. The summed E-state index contributed by atoms with van der Waals surface area (Å²) in [4.78, 5) is 12.4. The van der Waals surface area contributed by atoms with E-state index in [1.807, 2.05) is 0 Å². The average Bonchev–Trinajstić information content (AvgIpc) is 2.56. The summed E-state index contributed by atoms with van der Waals surface area (Å²) < 4.78 is 16.8. The van der Waals surface area contributed by atoms with Crippen LogP contribution in [0.4, 0.5) is 5.69 Å². The second-order valence-corrected chi connectivity index (χ2v) is 6.04. The van der Waals surface area contributed by atoms with E-state index in [9.17, 15) is 4.79 Å². The number of nitrogens with one attached hydrogen (secondary N) is 1. The van der Waals surface area contributed by atoms with Crippen molar-refractivity contribution < 1.29 is 19.0 Å². The molecule has 0 saturated carbocycles. The van der Waals surface area contributed by atoms with Crippen LogP contribution in [0.5, 0.6) is 17.2 Å². The minimum Gasteiger partial charge on any atom is -0.497 e. The van der Waals surface area contributed by atoms with Crippen LogP contribution in [0.2, 0.25) is 5.02 Å². The Hall–Kier alpha value is -1.92. The van der Waals surface area contributed by atoms with Gasteiger partial charge in [-0.25, -0.2) is 0 Å². The molecule has 5 nitrogen and oxygen atoms in total. The van der Waals surface area contributed by atoms with Gasteiger partial charge in [0, 0.05) is 11.6 Å². The first kappa shape index (κ1) is 16.0. The second kappa shape index (κ2) is 6.68. The van der Waals surface area contributed by atoms with Crippen molar-refractivity contribution in [3.05, 3.63) is 45.4 Å². The molecule has 1 aliphatic rings. The van der Waals surface area contributed by atoms with E-state index in [1.165, 1.54) is 0 Å². The Bertz CT molecular complexity index is 766. The molecule has 7 heteroatoms. The molecule has 23 heavy (non-hydrogen) atoms. The molecule has 2 aromatic rings. The highest BCUT2D eigenvalue weighted by Crippen LogP contribution is 2.38. The number of carbonyl (C=O) groups is 1. The normalized spacial score (nSPS) is 12.7. The standard InChI is InChI=1S/C16H13BrClNO4/c1-21-10-2-3-13(12(18)8-10)19-16(20)9-6-11(17)15-14(7-9)22-4-5-23-15/h2-3,6-8H,4-5H2,1H3,(H,19,20). The van der Waals surface area contributed by atoms with Crippen molar-refractivity contribution >= 4 is 39.1 Å². The van der Waals surface area contributed by atoms with Gasteiger partial charge in [-0.15, -0.1) is 0 Å². The lowest BCUT2D eigenvalue weighted by atomic mass is 10.1. The Kier molecular flexibility index (Phi) is 4.63. The fourth-order valence-corrected chi connectivity index (χ4v) is 2.93. The van der Waals surface area contributed by atoms with Gasteiger partial charge in [0.15, 0.2) is 11.5 Å². The molecular weight excluding hydrogens is 386 g/mol. The quantitative estimate of drug-likeness (QED) is 0.844. The van der Waals surface area contributed by atoms with Gasteiger partial charge < -0.3 is 19.5 Å². The predicted octanol–water partition coefficient (Wildman–Crippen LogP) is 4.13. The molecule has 1 aliphatic heterocycles. The first-order valence-electron chi connectivity index (χ1n) is 6.82.